The van der Waals surface area contributed by atoms with Crippen molar-refractivity contribution < 1.29 is 0 Å². The monoisotopic (exact) mass is 206 g/mol. The van der Waals surface area contributed by atoms with E-state index in [1.165, 1.54) is 0 Å². The van der Waals surface area contributed by atoms with E-state index in [0.717, 1.165) is 12.1 Å². The number of nitrogens with zero attached hydrogens (tertiary/aromatic N) is 1. The standard InChI is InChI=1S/C12H18N2O/c1-9(2)8-10(3)13-11-4-6-12(14-15)7-5-11/h4-7,9-10,13H,8H2,1-3H3. The molecule has 0 radical (unpaired) electrons. The Morgan fingerprint density at radius 3 is 2.27 bits per heavy atom. The second-order valence-electron chi connectivity index (χ2n) is 4.31. The molecule has 1 N–H and O–H groups in total. The smallest absolute Gasteiger partial charge is 0.108 e. The van der Waals surface area contributed by atoms with E-state index in [4.69, 9.17) is 0 Å². The molecule has 0 aromatic heterocycles. The molecule has 0 aliphatic carbocycles. The van der Waals surface area contributed by atoms with Gasteiger partial charge >= 0.3 is 0 Å². The maximum absolute atomic E-state index is 10.2. The average molecular weight is 206 g/mol. The van der Waals surface area contributed by atoms with E-state index in [0.29, 0.717) is 17.6 Å². The van der Waals surface area contributed by atoms with Crippen LogP contribution in [0.25, 0.3) is 0 Å². The Bertz CT molecular complexity index is 306. The van der Waals surface area contributed by atoms with Crippen LogP contribution in [0.3, 0.4) is 0 Å². The molecule has 0 heterocycles. The van der Waals surface area contributed by atoms with Gasteiger partial charge in [0, 0.05) is 11.7 Å². The van der Waals surface area contributed by atoms with Gasteiger partial charge in [-0.25, -0.2) is 0 Å². The quantitative estimate of drug-likeness (QED) is 0.741. The molecular formula is C12H18N2O. The molecule has 0 fully saturated rings. The van der Waals surface area contributed by atoms with E-state index < -0.39 is 0 Å². The van der Waals surface area contributed by atoms with E-state index in [-0.39, 0.29) is 0 Å². The molecule has 1 atom stereocenters. The average Bonchev–Trinajstić information content (AvgIpc) is 2.17. The lowest BCUT2D eigenvalue weighted by Crippen LogP contribution is -2.17. The second-order valence-corrected chi connectivity index (χ2v) is 4.31. The van der Waals surface area contributed by atoms with Gasteiger partial charge in [-0.1, -0.05) is 13.8 Å². The van der Waals surface area contributed by atoms with Crippen molar-refractivity contribution in [1.82, 2.24) is 0 Å². The fraction of sp³-hybridized carbons (Fsp3) is 0.500. The third-order valence-electron chi connectivity index (χ3n) is 2.21. The van der Waals surface area contributed by atoms with Gasteiger partial charge in [0.05, 0.1) is 0 Å². The Kier molecular flexibility index (Phi) is 4.28. The summed E-state index contributed by atoms with van der Waals surface area (Å²) in [5, 5.41) is 6.24. The van der Waals surface area contributed by atoms with Gasteiger partial charge in [0.15, 0.2) is 0 Å². The number of nitroso groups, excluding NO2 is 1. The summed E-state index contributed by atoms with van der Waals surface area (Å²) >= 11 is 0. The van der Waals surface area contributed by atoms with Crippen LogP contribution in [0.1, 0.15) is 27.2 Å². The van der Waals surface area contributed by atoms with Gasteiger partial charge in [-0.3, -0.25) is 0 Å². The molecule has 1 unspecified atom stereocenters. The lowest BCUT2D eigenvalue weighted by atomic mass is 10.1. The zero-order valence-corrected chi connectivity index (χ0v) is 9.53. The van der Waals surface area contributed by atoms with Crippen molar-refractivity contribution in [3.63, 3.8) is 0 Å². The molecule has 0 aliphatic heterocycles. The van der Waals surface area contributed by atoms with Crippen LogP contribution in [0.4, 0.5) is 11.4 Å². The molecule has 0 spiro atoms. The Morgan fingerprint density at radius 2 is 1.80 bits per heavy atom. The first-order chi connectivity index (χ1) is 7.11. The lowest BCUT2D eigenvalue weighted by molar-refractivity contribution is 0.540. The highest BCUT2D eigenvalue weighted by Gasteiger charge is 2.04. The van der Waals surface area contributed by atoms with Crippen molar-refractivity contribution in [3.8, 4) is 0 Å². The fourth-order valence-corrected chi connectivity index (χ4v) is 1.67. The first-order valence-electron chi connectivity index (χ1n) is 5.31. The lowest BCUT2D eigenvalue weighted by Gasteiger charge is -2.17. The Hall–Kier alpha value is -1.38. The van der Waals surface area contributed by atoms with E-state index in [1.54, 1.807) is 12.1 Å². The minimum absolute atomic E-state index is 0.444. The van der Waals surface area contributed by atoms with Crippen LogP contribution < -0.4 is 5.32 Å². The van der Waals surface area contributed by atoms with E-state index in [1.807, 2.05) is 12.1 Å². The van der Waals surface area contributed by atoms with Gasteiger partial charge in [0.2, 0.25) is 0 Å². The maximum Gasteiger partial charge on any atom is 0.108 e. The van der Waals surface area contributed by atoms with Gasteiger partial charge in [0.25, 0.3) is 0 Å². The molecule has 0 saturated carbocycles. The molecule has 3 nitrogen and oxygen atoms in total. The predicted octanol–water partition coefficient (Wildman–Crippen LogP) is 3.93. The van der Waals surface area contributed by atoms with Crippen molar-refractivity contribution in [2.75, 3.05) is 5.32 Å². The van der Waals surface area contributed by atoms with Crippen LogP contribution in [0.5, 0.6) is 0 Å². The molecule has 0 bridgehead atoms. The molecule has 1 aromatic carbocycles. The molecule has 0 saturated heterocycles. The third kappa shape index (κ3) is 4.11. The van der Waals surface area contributed by atoms with Crippen molar-refractivity contribution >= 4 is 11.4 Å². The summed E-state index contributed by atoms with van der Waals surface area (Å²) in [4.78, 5) is 10.2. The van der Waals surface area contributed by atoms with Crippen LogP contribution in [0, 0.1) is 10.8 Å². The molecule has 1 aromatic rings. The topological polar surface area (TPSA) is 41.5 Å². The zero-order valence-electron chi connectivity index (χ0n) is 9.53. The van der Waals surface area contributed by atoms with Gasteiger partial charge < -0.3 is 5.32 Å². The van der Waals surface area contributed by atoms with E-state index in [9.17, 15) is 4.91 Å². The van der Waals surface area contributed by atoms with Gasteiger partial charge in [-0.2, -0.15) is 0 Å². The Labute approximate surface area is 90.9 Å². The summed E-state index contributed by atoms with van der Waals surface area (Å²) in [6.07, 6.45) is 1.13. The van der Waals surface area contributed by atoms with Crippen molar-refractivity contribution in [3.05, 3.63) is 29.2 Å². The third-order valence-corrected chi connectivity index (χ3v) is 2.21. The number of rotatable bonds is 5. The highest BCUT2D eigenvalue weighted by Crippen LogP contribution is 2.17. The molecule has 3 heteroatoms. The van der Waals surface area contributed by atoms with Crippen LogP contribution in [0.2, 0.25) is 0 Å². The number of benzene rings is 1. The molecule has 15 heavy (non-hydrogen) atoms. The fourth-order valence-electron chi connectivity index (χ4n) is 1.67. The molecule has 1 rings (SSSR count). The molecular weight excluding hydrogens is 188 g/mol. The van der Waals surface area contributed by atoms with Gasteiger partial charge in [0.1, 0.15) is 5.69 Å². The summed E-state index contributed by atoms with van der Waals surface area (Å²) in [7, 11) is 0. The SMILES string of the molecule is CC(C)CC(C)Nc1ccc(N=O)cc1. The minimum atomic E-state index is 0.444. The highest BCUT2D eigenvalue weighted by molar-refractivity contribution is 5.51. The molecule has 0 aliphatic rings. The zero-order chi connectivity index (χ0) is 11.3. The first-order valence-corrected chi connectivity index (χ1v) is 5.31. The minimum Gasteiger partial charge on any atom is -0.383 e. The normalized spacial score (nSPS) is 12.5. The number of anilines is 1. The molecule has 0 amide bonds. The highest BCUT2D eigenvalue weighted by atomic mass is 16.3. The number of hydrogen-bond acceptors (Lipinski definition) is 3. The van der Waals surface area contributed by atoms with Gasteiger partial charge in [-0.05, 0) is 48.7 Å². The second kappa shape index (κ2) is 5.49. The van der Waals surface area contributed by atoms with Gasteiger partial charge in [-0.15, -0.1) is 4.91 Å². The predicted molar refractivity (Wildman–Crippen MR) is 64.4 cm³/mol. The first kappa shape index (κ1) is 11.7. The summed E-state index contributed by atoms with van der Waals surface area (Å²) in [6, 6.07) is 7.65. The summed E-state index contributed by atoms with van der Waals surface area (Å²) in [5.74, 6) is 0.684. The van der Waals surface area contributed by atoms with Crippen molar-refractivity contribution in [1.29, 1.82) is 0 Å². The maximum atomic E-state index is 10.2. The van der Waals surface area contributed by atoms with Crippen molar-refractivity contribution in [2.24, 2.45) is 11.1 Å². The summed E-state index contributed by atoms with van der Waals surface area (Å²) < 4.78 is 0. The number of hydrogen-bond donors (Lipinski definition) is 1. The summed E-state index contributed by atoms with van der Waals surface area (Å²) in [6.45, 7) is 6.57. The van der Waals surface area contributed by atoms with E-state index in [2.05, 4.69) is 31.3 Å². The van der Waals surface area contributed by atoms with Crippen LogP contribution in [-0.4, -0.2) is 6.04 Å². The van der Waals surface area contributed by atoms with Crippen LogP contribution >= 0.6 is 0 Å². The van der Waals surface area contributed by atoms with Crippen LogP contribution in [0.15, 0.2) is 29.4 Å². The van der Waals surface area contributed by atoms with Crippen LogP contribution in [-0.2, 0) is 0 Å². The Morgan fingerprint density at radius 1 is 1.20 bits per heavy atom. The number of nitrogens with one attached hydrogen (secondary N) is 1. The Balaban J connectivity index is 2.53. The molecule has 82 valence electrons. The summed E-state index contributed by atoms with van der Waals surface area (Å²) in [5.41, 5.74) is 1.51. The van der Waals surface area contributed by atoms with Crippen molar-refractivity contribution in [2.45, 2.75) is 33.2 Å². The largest absolute Gasteiger partial charge is 0.383 e. The van der Waals surface area contributed by atoms with E-state index >= 15 is 0 Å².